The number of nitrogens with one attached hydrogen (secondary N) is 1. The second-order valence-corrected chi connectivity index (χ2v) is 6.01. The van der Waals surface area contributed by atoms with Gasteiger partial charge in [0.15, 0.2) is 5.75 Å². The number of benzene rings is 1. The fourth-order valence-electron chi connectivity index (χ4n) is 2.15. The zero-order valence-electron chi connectivity index (χ0n) is 9.62. The summed E-state index contributed by atoms with van der Waals surface area (Å²) in [6.45, 7) is 1.92. The van der Waals surface area contributed by atoms with Crippen molar-refractivity contribution in [2.45, 2.75) is 12.5 Å². The van der Waals surface area contributed by atoms with Crippen molar-refractivity contribution in [1.29, 1.82) is 0 Å². The Balaban J connectivity index is 2.09. The van der Waals surface area contributed by atoms with E-state index in [2.05, 4.69) is 42.2 Å². The molecule has 0 aliphatic carbocycles. The van der Waals surface area contributed by atoms with Gasteiger partial charge in [-0.2, -0.15) is 0 Å². The molecular formula is C13H12Br2N2O. The van der Waals surface area contributed by atoms with Crippen molar-refractivity contribution in [3.63, 3.8) is 0 Å². The van der Waals surface area contributed by atoms with Crippen molar-refractivity contribution in [1.82, 2.24) is 10.3 Å². The summed E-state index contributed by atoms with van der Waals surface area (Å²) < 4.78 is 8.04. The minimum Gasteiger partial charge on any atom is -0.486 e. The predicted octanol–water partition coefficient (Wildman–Crippen LogP) is 3.50. The van der Waals surface area contributed by atoms with E-state index in [0.29, 0.717) is 0 Å². The topological polar surface area (TPSA) is 34.1 Å². The maximum atomic E-state index is 6.08. The van der Waals surface area contributed by atoms with E-state index in [1.165, 1.54) is 0 Å². The molecule has 5 heteroatoms. The molecule has 1 N–H and O–H groups in total. The van der Waals surface area contributed by atoms with Gasteiger partial charge < -0.3 is 10.1 Å². The molecule has 2 heterocycles. The van der Waals surface area contributed by atoms with Crippen LogP contribution in [0.3, 0.4) is 0 Å². The summed E-state index contributed by atoms with van der Waals surface area (Å²) in [7, 11) is 0. The maximum absolute atomic E-state index is 6.08. The third kappa shape index (κ3) is 2.27. The van der Waals surface area contributed by atoms with Gasteiger partial charge in [0.1, 0.15) is 11.6 Å². The Bertz CT molecular complexity index is 582. The van der Waals surface area contributed by atoms with E-state index < -0.39 is 0 Å². The van der Waals surface area contributed by atoms with Crippen LogP contribution in [0.4, 0.5) is 0 Å². The molecule has 3 rings (SSSR count). The van der Waals surface area contributed by atoms with E-state index in [9.17, 15) is 0 Å². The SMILES string of the molecule is Brc1cc(Br)c2cccnc2c1OC1CCNC1. The van der Waals surface area contributed by atoms with Gasteiger partial charge in [-0.15, -0.1) is 0 Å². The summed E-state index contributed by atoms with van der Waals surface area (Å²) in [5.74, 6) is 0.836. The maximum Gasteiger partial charge on any atom is 0.160 e. The quantitative estimate of drug-likeness (QED) is 0.877. The fraction of sp³-hybridized carbons (Fsp3) is 0.308. The molecule has 0 spiro atoms. The highest BCUT2D eigenvalue weighted by Crippen LogP contribution is 2.38. The third-order valence-corrected chi connectivity index (χ3v) is 4.30. The molecule has 1 saturated heterocycles. The molecule has 18 heavy (non-hydrogen) atoms. The highest BCUT2D eigenvalue weighted by atomic mass is 79.9. The molecule has 1 aliphatic heterocycles. The number of pyridine rings is 1. The first-order valence-electron chi connectivity index (χ1n) is 5.86. The van der Waals surface area contributed by atoms with Crippen LogP contribution in [0.1, 0.15) is 6.42 Å². The minimum atomic E-state index is 0.229. The zero-order valence-corrected chi connectivity index (χ0v) is 12.8. The molecular weight excluding hydrogens is 360 g/mol. The first-order valence-corrected chi connectivity index (χ1v) is 7.44. The lowest BCUT2D eigenvalue weighted by atomic mass is 10.2. The highest BCUT2D eigenvalue weighted by molar-refractivity contribution is 9.11. The molecule has 2 aromatic rings. The molecule has 0 radical (unpaired) electrons. The number of hydrogen-bond acceptors (Lipinski definition) is 3. The van der Waals surface area contributed by atoms with Crippen molar-refractivity contribution in [2.24, 2.45) is 0 Å². The van der Waals surface area contributed by atoms with Gasteiger partial charge in [0.2, 0.25) is 0 Å². The number of fused-ring (bicyclic) bond motifs is 1. The Morgan fingerprint density at radius 2 is 2.22 bits per heavy atom. The number of ether oxygens (including phenoxy) is 1. The van der Waals surface area contributed by atoms with Crippen LogP contribution in [-0.4, -0.2) is 24.2 Å². The van der Waals surface area contributed by atoms with Crippen molar-refractivity contribution >= 4 is 42.8 Å². The molecule has 94 valence electrons. The van der Waals surface area contributed by atoms with Crippen molar-refractivity contribution in [3.8, 4) is 5.75 Å². The molecule has 3 nitrogen and oxygen atoms in total. The summed E-state index contributed by atoms with van der Waals surface area (Å²) >= 11 is 7.12. The third-order valence-electron chi connectivity index (χ3n) is 3.05. The van der Waals surface area contributed by atoms with E-state index in [4.69, 9.17) is 4.74 Å². The van der Waals surface area contributed by atoms with E-state index in [-0.39, 0.29) is 6.10 Å². The molecule has 1 aromatic carbocycles. The average molecular weight is 372 g/mol. The van der Waals surface area contributed by atoms with Crippen LogP contribution in [0, 0.1) is 0 Å². The molecule has 1 atom stereocenters. The van der Waals surface area contributed by atoms with Gasteiger partial charge >= 0.3 is 0 Å². The van der Waals surface area contributed by atoms with E-state index in [0.717, 1.165) is 45.1 Å². The lowest BCUT2D eigenvalue weighted by molar-refractivity contribution is 0.224. The Hall–Kier alpha value is -0.650. The van der Waals surface area contributed by atoms with Crippen molar-refractivity contribution < 1.29 is 4.74 Å². The van der Waals surface area contributed by atoms with Crippen LogP contribution in [-0.2, 0) is 0 Å². The van der Waals surface area contributed by atoms with Gasteiger partial charge in [0.25, 0.3) is 0 Å². The van der Waals surface area contributed by atoms with Gasteiger partial charge in [-0.3, -0.25) is 4.98 Å². The van der Waals surface area contributed by atoms with Crippen LogP contribution < -0.4 is 10.1 Å². The Kier molecular flexibility index (Phi) is 3.54. The van der Waals surface area contributed by atoms with Gasteiger partial charge in [0, 0.05) is 22.6 Å². The molecule has 1 fully saturated rings. The normalized spacial score (nSPS) is 19.3. The van der Waals surface area contributed by atoms with Crippen LogP contribution in [0.25, 0.3) is 10.9 Å². The molecule has 0 bridgehead atoms. The number of aromatic nitrogens is 1. The molecule has 1 unspecified atom stereocenters. The van der Waals surface area contributed by atoms with Gasteiger partial charge in [-0.05, 0) is 41.0 Å². The number of rotatable bonds is 2. The van der Waals surface area contributed by atoms with Crippen LogP contribution >= 0.6 is 31.9 Å². The fourth-order valence-corrected chi connectivity index (χ4v) is 3.52. The van der Waals surface area contributed by atoms with Gasteiger partial charge in [0.05, 0.1) is 4.47 Å². The first-order chi connectivity index (χ1) is 8.75. The second-order valence-electron chi connectivity index (χ2n) is 4.30. The van der Waals surface area contributed by atoms with Gasteiger partial charge in [-0.25, -0.2) is 0 Å². The van der Waals surface area contributed by atoms with E-state index in [1.807, 2.05) is 18.2 Å². The highest BCUT2D eigenvalue weighted by Gasteiger charge is 2.20. The Labute approximate surface area is 122 Å². The average Bonchev–Trinajstić information content (AvgIpc) is 2.87. The molecule has 1 aliphatic rings. The zero-order chi connectivity index (χ0) is 12.5. The summed E-state index contributed by atoms with van der Waals surface area (Å²) in [6.07, 6.45) is 3.06. The molecule has 0 amide bonds. The van der Waals surface area contributed by atoms with E-state index in [1.54, 1.807) is 6.20 Å². The molecule has 1 aromatic heterocycles. The van der Waals surface area contributed by atoms with Crippen molar-refractivity contribution in [2.75, 3.05) is 13.1 Å². The van der Waals surface area contributed by atoms with E-state index >= 15 is 0 Å². The van der Waals surface area contributed by atoms with Gasteiger partial charge in [-0.1, -0.05) is 22.0 Å². The van der Waals surface area contributed by atoms with Crippen LogP contribution in [0.2, 0.25) is 0 Å². The van der Waals surface area contributed by atoms with Crippen molar-refractivity contribution in [3.05, 3.63) is 33.3 Å². The second kappa shape index (κ2) is 5.15. The summed E-state index contributed by atoms with van der Waals surface area (Å²) in [5, 5.41) is 4.37. The Morgan fingerprint density at radius 1 is 1.33 bits per heavy atom. The number of halogens is 2. The predicted molar refractivity (Wildman–Crippen MR) is 79.0 cm³/mol. The smallest absolute Gasteiger partial charge is 0.160 e. The molecule has 0 saturated carbocycles. The monoisotopic (exact) mass is 370 g/mol. The standard InChI is InChI=1S/C13H12Br2N2O/c14-10-6-11(15)13(18-8-3-5-16-7-8)12-9(10)2-1-4-17-12/h1-2,4,6,8,16H,3,5,7H2. The van der Waals surface area contributed by atoms with Crippen LogP contribution in [0.5, 0.6) is 5.75 Å². The largest absolute Gasteiger partial charge is 0.486 e. The lowest BCUT2D eigenvalue weighted by Gasteiger charge is -2.16. The lowest BCUT2D eigenvalue weighted by Crippen LogP contribution is -2.20. The number of nitrogens with zero attached hydrogens (tertiary/aromatic N) is 1. The summed E-state index contributed by atoms with van der Waals surface area (Å²) in [5.41, 5.74) is 0.894. The van der Waals surface area contributed by atoms with Crippen LogP contribution in [0.15, 0.2) is 33.3 Å². The Morgan fingerprint density at radius 3 is 3.00 bits per heavy atom. The first kappa shape index (κ1) is 12.4. The number of hydrogen-bond donors (Lipinski definition) is 1. The minimum absolute atomic E-state index is 0.229. The summed E-state index contributed by atoms with van der Waals surface area (Å²) in [4.78, 5) is 4.44. The summed E-state index contributed by atoms with van der Waals surface area (Å²) in [6, 6.07) is 5.99.